The van der Waals surface area contributed by atoms with E-state index in [0.29, 0.717) is 24.7 Å². The summed E-state index contributed by atoms with van der Waals surface area (Å²) in [4.78, 5) is 41.8. The predicted octanol–water partition coefficient (Wildman–Crippen LogP) is 2.79. The zero-order valence-electron chi connectivity index (χ0n) is 19.3. The van der Waals surface area contributed by atoms with Gasteiger partial charge in [-0.1, -0.05) is 34.6 Å². The molecule has 0 aromatic carbocycles. The van der Waals surface area contributed by atoms with E-state index in [1.807, 2.05) is 0 Å². The Labute approximate surface area is 179 Å². The molecule has 2 saturated carbocycles. The largest absolute Gasteiger partial charge is 0.377 e. The molecule has 0 unspecified atom stereocenters. The van der Waals surface area contributed by atoms with E-state index in [4.69, 9.17) is 4.74 Å². The van der Waals surface area contributed by atoms with Crippen LogP contribution in [0.5, 0.6) is 0 Å². The number of urea groups is 1. The lowest BCUT2D eigenvalue weighted by molar-refractivity contribution is -0.168. The minimum Gasteiger partial charge on any atom is -0.377 e. The molecule has 0 aromatic heterocycles. The summed E-state index contributed by atoms with van der Waals surface area (Å²) in [5.74, 6) is 0.479. The molecule has 3 atom stereocenters. The Morgan fingerprint density at radius 3 is 2.43 bits per heavy atom. The number of carbonyl (C=O) groups excluding carboxylic acids is 3. The van der Waals surface area contributed by atoms with E-state index in [-0.39, 0.29) is 41.3 Å². The van der Waals surface area contributed by atoms with Crippen LogP contribution < -0.4 is 5.32 Å². The van der Waals surface area contributed by atoms with Gasteiger partial charge in [-0.15, -0.1) is 0 Å². The fourth-order valence-corrected chi connectivity index (χ4v) is 6.62. The van der Waals surface area contributed by atoms with Crippen LogP contribution in [0.2, 0.25) is 0 Å². The SMILES string of the molecule is CN(C(=O)CN1C(=O)NC2(CCC(C(C)(C)C)CC2)C1=O)[C@@H]1[C@H]2CCO[C@H]2C1(C)C. The third kappa shape index (κ3) is 3.15. The Bertz CT molecular complexity index is 748. The standard InChI is InChI=1S/C23H37N3O4/c1-21(2,3)14-7-10-23(11-8-14)19(28)26(20(29)24-23)13-16(27)25(6)17-15-9-12-30-18(15)22(17,4)5/h14-15,17-18H,7-13H2,1-6H3,(H,24,29)/t14?,15-,17-,18-,23?/m1/s1. The van der Waals surface area contributed by atoms with Gasteiger partial charge in [0.2, 0.25) is 5.91 Å². The number of rotatable bonds is 3. The van der Waals surface area contributed by atoms with Gasteiger partial charge in [-0.25, -0.2) is 4.79 Å². The number of carbonyl (C=O) groups is 3. The molecule has 4 rings (SSSR count). The van der Waals surface area contributed by atoms with Crippen molar-refractivity contribution in [3.8, 4) is 0 Å². The fourth-order valence-electron chi connectivity index (χ4n) is 6.62. The topological polar surface area (TPSA) is 79.0 Å². The van der Waals surface area contributed by atoms with Gasteiger partial charge < -0.3 is 15.0 Å². The van der Waals surface area contributed by atoms with Crippen molar-refractivity contribution in [2.45, 2.75) is 84.4 Å². The van der Waals surface area contributed by atoms with E-state index in [2.05, 4.69) is 39.9 Å². The first-order valence-corrected chi connectivity index (χ1v) is 11.4. The van der Waals surface area contributed by atoms with Crippen LogP contribution in [-0.4, -0.2) is 65.5 Å². The number of likely N-dealkylation sites (N-methyl/N-ethyl adjacent to an activating group) is 1. The fraction of sp³-hybridized carbons (Fsp3) is 0.870. The van der Waals surface area contributed by atoms with Crippen LogP contribution in [0.3, 0.4) is 0 Å². The van der Waals surface area contributed by atoms with E-state index < -0.39 is 11.6 Å². The first-order valence-electron chi connectivity index (χ1n) is 11.4. The van der Waals surface area contributed by atoms with Crippen molar-refractivity contribution < 1.29 is 19.1 Å². The summed E-state index contributed by atoms with van der Waals surface area (Å²) in [6, 6.07) is -0.347. The number of nitrogens with zero attached hydrogens (tertiary/aromatic N) is 2. The molecule has 4 fully saturated rings. The third-order valence-electron chi connectivity index (χ3n) is 8.45. The first-order chi connectivity index (χ1) is 13.9. The van der Waals surface area contributed by atoms with E-state index in [0.717, 1.165) is 30.8 Å². The quantitative estimate of drug-likeness (QED) is 0.714. The molecule has 2 heterocycles. The van der Waals surface area contributed by atoms with Gasteiger partial charge in [0, 0.05) is 31.0 Å². The molecule has 168 valence electrons. The number of hydrogen-bond donors (Lipinski definition) is 1. The minimum atomic E-state index is -0.822. The van der Waals surface area contributed by atoms with Crippen molar-refractivity contribution in [2.75, 3.05) is 20.2 Å². The summed E-state index contributed by atoms with van der Waals surface area (Å²) in [7, 11) is 1.80. The molecule has 2 aliphatic carbocycles. The Kier molecular flexibility index (Phi) is 5.00. The molecule has 30 heavy (non-hydrogen) atoms. The summed E-state index contributed by atoms with van der Waals surface area (Å²) < 4.78 is 5.84. The zero-order chi connectivity index (χ0) is 22.1. The minimum absolute atomic E-state index is 0.0782. The summed E-state index contributed by atoms with van der Waals surface area (Å²) in [6.07, 6.45) is 4.27. The second-order valence-electron chi connectivity index (χ2n) is 11.6. The molecule has 2 saturated heterocycles. The van der Waals surface area contributed by atoms with Crippen molar-refractivity contribution in [3.05, 3.63) is 0 Å². The highest BCUT2D eigenvalue weighted by Gasteiger charge is 2.62. The summed E-state index contributed by atoms with van der Waals surface area (Å²) in [6.45, 7) is 11.5. The molecule has 7 nitrogen and oxygen atoms in total. The van der Waals surface area contributed by atoms with Gasteiger partial charge in [0.15, 0.2) is 0 Å². The Morgan fingerprint density at radius 2 is 1.83 bits per heavy atom. The van der Waals surface area contributed by atoms with Crippen molar-refractivity contribution in [2.24, 2.45) is 22.7 Å². The van der Waals surface area contributed by atoms with Gasteiger partial charge >= 0.3 is 6.03 Å². The maximum absolute atomic E-state index is 13.2. The molecule has 4 amide bonds. The molecule has 4 aliphatic rings. The van der Waals surface area contributed by atoms with Crippen LogP contribution in [0.4, 0.5) is 4.79 Å². The molecular weight excluding hydrogens is 382 g/mol. The van der Waals surface area contributed by atoms with Crippen LogP contribution >= 0.6 is 0 Å². The average Bonchev–Trinajstić information content (AvgIpc) is 3.18. The molecule has 0 radical (unpaired) electrons. The first kappa shape index (κ1) is 21.6. The number of nitrogens with one attached hydrogen (secondary N) is 1. The van der Waals surface area contributed by atoms with Crippen LogP contribution in [0.25, 0.3) is 0 Å². The number of imide groups is 1. The Hall–Kier alpha value is -1.63. The van der Waals surface area contributed by atoms with Gasteiger partial charge in [0.05, 0.1) is 6.10 Å². The van der Waals surface area contributed by atoms with Crippen LogP contribution in [0, 0.1) is 22.7 Å². The molecule has 0 bridgehead atoms. The summed E-state index contributed by atoms with van der Waals surface area (Å²) in [5.41, 5.74) is -0.740. The third-order valence-corrected chi connectivity index (χ3v) is 8.45. The van der Waals surface area contributed by atoms with Gasteiger partial charge in [-0.3, -0.25) is 14.5 Å². The Balaban J connectivity index is 1.41. The zero-order valence-corrected chi connectivity index (χ0v) is 19.3. The molecule has 1 spiro atoms. The maximum atomic E-state index is 13.2. The van der Waals surface area contributed by atoms with Gasteiger partial charge in [-0.05, 0) is 43.4 Å². The Morgan fingerprint density at radius 1 is 1.20 bits per heavy atom. The van der Waals surface area contributed by atoms with E-state index >= 15 is 0 Å². The second kappa shape index (κ2) is 6.94. The summed E-state index contributed by atoms with van der Waals surface area (Å²) in [5, 5.41) is 2.94. The highest BCUT2D eigenvalue weighted by atomic mass is 16.5. The molecule has 1 N–H and O–H groups in total. The average molecular weight is 420 g/mol. The van der Waals surface area contributed by atoms with Crippen LogP contribution in [0.1, 0.15) is 66.7 Å². The lowest BCUT2D eigenvalue weighted by atomic mass is 9.57. The summed E-state index contributed by atoms with van der Waals surface area (Å²) >= 11 is 0. The molecule has 0 aromatic rings. The van der Waals surface area contributed by atoms with E-state index in [1.54, 1.807) is 11.9 Å². The van der Waals surface area contributed by atoms with Gasteiger partial charge in [0.25, 0.3) is 5.91 Å². The highest BCUT2D eigenvalue weighted by molar-refractivity contribution is 6.09. The maximum Gasteiger partial charge on any atom is 0.325 e. The van der Waals surface area contributed by atoms with E-state index in [1.165, 1.54) is 0 Å². The van der Waals surface area contributed by atoms with E-state index in [9.17, 15) is 14.4 Å². The molecule has 2 aliphatic heterocycles. The number of fused-ring (bicyclic) bond motifs is 1. The monoisotopic (exact) mass is 419 g/mol. The van der Waals surface area contributed by atoms with Gasteiger partial charge in [0.1, 0.15) is 12.1 Å². The van der Waals surface area contributed by atoms with Crippen LogP contribution in [-0.2, 0) is 14.3 Å². The number of ether oxygens (including phenoxy) is 1. The van der Waals surface area contributed by atoms with Gasteiger partial charge in [-0.2, -0.15) is 0 Å². The van der Waals surface area contributed by atoms with Crippen LogP contribution in [0.15, 0.2) is 0 Å². The lowest BCUT2D eigenvalue weighted by Gasteiger charge is -2.57. The van der Waals surface area contributed by atoms with Crippen molar-refractivity contribution >= 4 is 17.8 Å². The normalized spacial score (nSPS) is 32.7. The second-order valence-corrected chi connectivity index (χ2v) is 11.6. The molecular formula is C23H37N3O4. The van der Waals surface area contributed by atoms with Crippen molar-refractivity contribution in [3.63, 3.8) is 0 Å². The van der Waals surface area contributed by atoms with Crippen molar-refractivity contribution in [1.29, 1.82) is 0 Å². The number of hydrogen-bond acceptors (Lipinski definition) is 4. The highest BCUT2D eigenvalue weighted by Crippen LogP contribution is 2.54. The number of amides is 4. The predicted molar refractivity (Wildman–Crippen MR) is 113 cm³/mol. The smallest absolute Gasteiger partial charge is 0.325 e. The lowest BCUT2D eigenvalue weighted by Crippen LogP contribution is -2.67. The molecule has 7 heteroatoms. The van der Waals surface area contributed by atoms with Crippen molar-refractivity contribution in [1.82, 2.24) is 15.1 Å².